The molecule has 212 valence electrons. The molecule has 0 radical (unpaired) electrons. The normalized spacial score (nSPS) is 11.2. The summed E-state index contributed by atoms with van der Waals surface area (Å²) >= 11 is 0. The molecule has 45 heavy (non-hydrogen) atoms. The van der Waals surface area contributed by atoms with E-state index in [1.807, 2.05) is 48.7 Å². The van der Waals surface area contributed by atoms with Gasteiger partial charge in [-0.3, -0.25) is 4.98 Å². The van der Waals surface area contributed by atoms with Crippen LogP contribution in [0.1, 0.15) is 5.56 Å². The van der Waals surface area contributed by atoms with Crippen LogP contribution in [-0.4, -0.2) is 15.0 Å². The minimum atomic E-state index is 0.676. The molecule has 2 aromatic heterocycles. The number of hydrogen-bond donors (Lipinski definition) is 0. The van der Waals surface area contributed by atoms with Gasteiger partial charge >= 0.3 is 0 Å². The van der Waals surface area contributed by atoms with Crippen molar-refractivity contribution in [1.29, 1.82) is 0 Å². The van der Waals surface area contributed by atoms with Gasteiger partial charge in [0.25, 0.3) is 0 Å². The molecule has 0 saturated carbocycles. The highest BCUT2D eigenvalue weighted by Crippen LogP contribution is 2.40. The molecule has 8 aromatic rings. The second-order valence-corrected chi connectivity index (χ2v) is 11.4. The Bertz CT molecular complexity index is 2210. The molecular weight excluding hydrogens is 546 g/mol. The van der Waals surface area contributed by atoms with Crippen LogP contribution in [0.15, 0.2) is 158 Å². The van der Waals surface area contributed by atoms with Gasteiger partial charge in [0.1, 0.15) is 0 Å². The maximum Gasteiger partial charge on any atom is 0.160 e. The average molecular weight is 576 g/mol. The van der Waals surface area contributed by atoms with E-state index >= 15 is 0 Å². The fraction of sp³-hybridized carbons (Fsp3) is 0.0238. The predicted octanol–water partition coefficient (Wildman–Crippen LogP) is 10.8. The largest absolute Gasteiger partial charge is 0.256 e. The Balaban J connectivity index is 1.44. The zero-order valence-corrected chi connectivity index (χ0v) is 24.9. The van der Waals surface area contributed by atoms with Crippen molar-refractivity contribution in [2.24, 2.45) is 0 Å². The smallest absolute Gasteiger partial charge is 0.160 e. The molecule has 0 spiro atoms. The van der Waals surface area contributed by atoms with Gasteiger partial charge < -0.3 is 0 Å². The van der Waals surface area contributed by atoms with Gasteiger partial charge in [0, 0.05) is 28.5 Å². The van der Waals surface area contributed by atoms with Gasteiger partial charge in [0.15, 0.2) is 5.82 Å². The van der Waals surface area contributed by atoms with Gasteiger partial charge in [-0.1, -0.05) is 109 Å². The number of aromatic nitrogens is 3. The summed E-state index contributed by atoms with van der Waals surface area (Å²) in [6.07, 6.45) is 1.88. The number of rotatable bonds is 5. The lowest BCUT2D eigenvalue weighted by molar-refractivity contribution is 1.18. The van der Waals surface area contributed by atoms with Crippen molar-refractivity contribution in [2.45, 2.75) is 6.92 Å². The van der Waals surface area contributed by atoms with E-state index in [1.54, 1.807) is 0 Å². The number of pyridine rings is 1. The van der Waals surface area contributed by atoms with E-state index in [-0.39, 0.29) is 0 Å². The molecule has 0 N–H and O–H groups in total. The lowest BCUT2D eigenvalue weighted by Crippen LogP contribution is -1.97. The van der Waals surface area contributed by atoms with Gasteiger partial charge in [0.2, 0.25) is 0 Å². The predicted molar refractivity (Wildman–Crippen MR) is 187 cm³/mol. The van der Waals surface area contributed by atoms with Crippen molar-refractivity contribution in [3.63, 3.8) is 0 Å². The molecule has 0 fully saturated rings. The summed E-state index contributed by atoms with van der Waals surface area (Å²) in [6, 6.07) is 53.1. The molecule has 8 rings (SSSR count). The SMILES string of the molecule is Cc1ccnc(-c2cc(-c3nc(-c4ccccc4)cc(-c4ccccc4)n3)cc(-c3c4ccccc4cc4ccccc34)c2)c1. The third-order valence-corrected chi connectivity index (χ3v) is 8.33. The lowest BCUT2D eigenvalue weighted by Gasteiger charge is -2.16. The van der Waals surface area contributed by atoms with Crippen LogP contribution in [0.4, 0.5) is 0 Å². The Morgan fingerprint density at radius 3 is 1.53 bits per heavy atom. The summed E-state index contributed by atoms with van der Waals surface area (Å²) in [5.41, 5.74) is 10.2. The van der Waals surface area contributed by atoms with Crippen molar-refractivity contribution in [2.75, 3.05) is 0 Å². The van der Waals surface area contributed by atoms with E-state index in [9.17, 15) is 0 Å². The Morgan fingerprint density at radius 1 is 0.400 bits per heavy atom. The van der Waals surface area contributed by atoms with Gasteiger partial charge in [-0.25, -0.2) is 9.97 Å². The van der Waals surface area contributed by atoms with E-state index in [0.717, 1.165) is 50.5 Å². The number of nitrogens with zero attached hydrogens (tertiary/aromatic N) is 3. The van der Waals surface area contributed by atoms with Crippen LogP contribution in [0, 0.1) is 6.92 Å². The Kier molecular flexibility index (Phi) is 6.69. The summed E-state index contributed by atoms with van der Waals surface area (Å²) in [5.74, 6) is 0.676. The Morgan fingerprint density at radius 2 is 0.933 bits per heavy atom. The highest BCUT2D eigenvalue weighted by molar-refractivity contribution is 6.13. The molecule has 3 heteroatoms. The van der Waals surface area contributed by atoms with E-state index in [4.69, 9.17) is 15.0 Å². The summed E-state index contributed by atoms with van der Waals surface area (Å²) in [4.78, 5) is 15.2. The standard InChI is InChI=1S/C42H29N3/c1-28-20-21-43-38(22-28)33-24-34(41-36-18-10-8-16-31(36)23-32-17-9-11-19-37(32)41)26-35(25-33)42-44-39(29-12-4-2-5-13-29)27-40(45-42)30-14-6-3-7-15-30/h2-27H,1H3. The molecule has 0 aliphatic carbocycles. The van der Waals surface area contributed by atoms with Gasteiger partial charge in [0.05, 0.1) is 17.1 Å². The maximum absolute atomic E-state index is 5.18. The topological polar surface area (TPSA) is 38.7 Å². The molecule has 0 amide bonds. The minimum absolute atomic E-state index is 0.676. The second kappa shape index (κ2) is 11.3. The molecule has 2 heterocycles. The summed E-state index contributed by atoms with van der Waals surface area (Å²) in [5, 5.41) is 4.84. The van der Waals surface area contributed by atoms with Crippen LogP contribution in [0.25, 0.3) is 77.8 Å². The van der Waals surface area contributed by atoms with Crippen LogP contribution in [0.2, 0.25) is 0 Å². The third kappa shape index (κ3) is 5.15. The second-order valence-electron chi connectivity index (χ2n) is 11.4. The zero-order chi connectivity index (χ0) is 30.2. The first-order chi connectivity index (χ1) is 22.2. The van der Waals surface area contributed by atoms with Gasteiger partial charge in [-0.05, 0) is 87.6 Å². The van der Waals surface area contributed by atoms with Crippen molar-refractivity contribution >= 4 is 21.5 Å². The Hall–Kier alpha value is -5.93. The third-order valence-electron chi connectivity index (χ3n) is 8.33. The van der Waals surface area contributed by atoms with E-state index < -0.39 is 0 Å². The van der Waals surface area contributed by atoms with E-state index in [1.165, 1.54) is 27.1 Å². The number of fused-ring (bicyclic) bond motifs is 2. The van der Waals surface area contributed by atoms with Crippen LogP contribution in [0.5, 0.6) is 0 Å². The number of benzene rings is 6. The first-order valence-corrected chi connectivity index (χ1v) is 15.2. The summed E-state index contributed by atoms with van der Waals surface area (Å²) in [7, 11) is 0. The molecular formula is C42H29N3. The fourth-order valence-corrected chi connectivity index (χ4v) is 6.16. The number of hydrogen-bond acceptors (Lipinski definition) is 3. The molecule has 3 nitrogen and oxygen atoms in total. The molecule has 0 aliphatic heterocycles. The average Bonchev–Trinajstić information content (AvgIpc) is 3.11. The molecule has 0 saturated heterocycles. The van der Waals surface area contributed by atoms with Crippen LogP contribution >= 0.6 is 0 Å². The highest BCUT2D eigenvalue weighted by atomic mass is 14.9. The van der Waals surface area contributed by atoms with Crippen LogP contribution < -0.4 is 0 Å². The fourth-order valence-electron chi connectivity index (χ4n) is 6.16. The molecule has 0 bridgehead atoms. The lowest BCUT2D eigenvalue weighted by atomic mass is 9.89. The minimum Gasteiger partial charge on any atom is -0.256 e. The zero-order valence-electron chi connectivity index (χ0n) is 24.9. The van der Waals surface area contributed by atoms with Crippen molar-refractivity contribution in [3.8, 4) is 56.3 Å². The highest BCUT2D eigenvalue weighted by Gasteiger charge is 2.17. The van der Waals surface area contributed by atoms with Crippen molar-refractivity contribution in [3.05, 3.63) is 163 Å². The maximum atomic E-state index is 5.18. The molecule has 0 unspecified atom stereocenters. The van der Waals surface area contributed by atoms with Gasteiger partial charge in [-0.15, -0.1) is 0 Å². The van der Waals surface area contributed by atoms with E-state index in [2.05, 4.69) is 116 Å². The molecule has 0 aliphatic rings. The first-order valence-electron chi connectivity index (χ1n) is 15.2. The summed E-state index contributed by atoms with van der Waals surface area (Å²) in [6.45, 7) is 2.10. The Labute approximate surface area is 262 Å². The number of aryl methyl sites for hydroxylation is 1. The monoisotopic (exact) mass is 575 g/mol. The quantitative estimate of drug-likeness (QED) is 0.192. The van der Waals surface area contributed by atoms with Crippen molar-refractivity contribution in [1.82, 2.24) is 15.0 Å². The van der Waals surface area contributed by atoms with E-state index in [0.29, 0.717) is 5.82 Å². The van der Waals surface area contributed by atoms with Crippen LogP contribution in [0.3, 0.4) is 0 Å². The van der Waals surface area contributed by atoms with Crippen LogP contribution in [-0.2, 0) is 0 Å². The molecule has 0 atom stereocenters. The van der Waals surface area contributed by atoms with Crippen molar-refractivity contribution < 1.29 is 0 Å². The summed E-state index contributed by atoms with van der Waals surface area (Å²) < 4.78 is 0. The first kappa shape index (κ1) is 26.7. The molecule has 6 aromatic carbocycles. The van der Waals surface area contributed by atoms with Gasteiger partial charge in [-0.2, -0.15) is 0 Å².